The largest absolute Gasteiger partial charge is 0.469 e. The Bertz CT molecular complexity index is 537. The molecule has 0 aliphatic heterocycles. The summed E-state index contributed by atoms with van der Waals surface area (Å²) >= 11 is 0. The number of amides is 1. The third-order valence-electron chi connectivity index (χ3n) is 5.18. The summed E-state index contributed by atoms with van der Waals surface area (Å²) in [4.78, 5) is 28.1. The number of aliphatic hydroxyl groups excluding tert-OH is 1. The fourth-order valence-electron chi connectivity index (χ4n) is 3.95. The van der Waals surface area contributed by atoms with Crippen LogP contribution in [0.1, 0.15) is 40.0 Å². The molecule has 1 aliphatic rings. The molecule has 1 rings (SSSR count). The predicted molar refractivity (Wildman–Crippen MR) is 97.1 cm³/mol. The van der Waals surface area contributed by atoms with Gasteiger partial charge in [0, 0.05) is 20.0 Å². The first kappa shape index (κ1) is 22.2. The van der Waals surface area contributed by atoms with Gasteiger partial charge in [0.2, 0.25) is 5.91 Å². The highest BCUT2D eigenvalue weighted by Crippen LogP contribution is 2.41. The number of guanidine groups is 1. The van der Waals surface area contributed by atoms with Crippen LogP contribution in [0.4, 0.5) is 0 Å². The van der Waals surface area contributed by atoms with Crippen LogP contribution in [0, 0.1) is 11.8 Å². The van der Waals surface area contributed by atoms with E-state index in [9.17, 15) is 14.7 Å². The Hall–Kier alpha value is -1.87. The topological polar surface area (TPSA) is 149 Å². The molecular weight excluding hydrogens is 340 g/mol. The minimum Gasteiger partial charge on any atom is -0.469 e. The van der Waals surface area contributed by atoms with Crippen LogP contribution >= 0.6 is 0 Å². The van der Waals surface area contributed by atoms with E-state index in [1.807, 2.05) is 13.8 Å². The summed E-state index contributed by atoms with van der Waals surface area (Å²) in [6.07, 6.45) is 0.572. The van der Waals surface area contributed by atoms with Crippen LogP contribution in [0.15, 0.2) is 4.99 Å². The zero-order chi connectivity index (χ0) is 20.1. The van der Waals surface area contributed by atoms with Gasteiger partial charge in [0.1, 0.15) is 0 Å². The smallest absolute Gasteiger partial charge is 0.311 e. The lowest BCUT2D eigenvalue weighted by Gasteiger charge is -2.42. The maximum Gasteiger partial charge on any atom is 0.311 e. The summed E-state index contributed by atoms with van der Waals surface area (Å²) in [5.74, 6) is -2.34. The van der Waals surface area contributed by atoms with Crippen LogP contribution in [0.2, 0.25) is 0 Å². The lowest BCUT2D eigenvalue weighted by Crippen LogP contribution is -2.59. The van der Waals surface area contributed by atoms with Crippen molar-refractivity contribution in [1.82, 2.24) is 5.32 Å². The SMILES string of the molecule is CCC[C@](C)(OC)[C@H](NC(C)=O)[C@@H]1[C@H](O)[C@@H](C(=O)OC)C[C@H]1N=C(N)N. The number of hydrogen-bond acceptors (Lipinski definition) is 6. The second-order valence-corrected chi connectivity index (χ2v) is 7.00. The van der Waals surface area contributed by atoms with Crippen molar-refractivity contribution < 1.29 is 24.2 Å². The lowest BCUT2D eigenvalue weighted by molar-refractivity contribution is -0.149. The van der Waals surface area contributed by atoms with Crippen molar-refractivity contribution in [1.29, 1.82) is 0 Å². The van der Waals surface area contributed by atoms with Crippen LogP contribution < -0.4 is 16.8 Å². The Kier molecular flexibility index (Phi) is 7.83. The van der Waals surface area contributed by atoms with E-state index in [0.29, 0.717) is 6.42 Å². The molecule has 0 aromatic heterocycles. The molecule has 0 saturated heterocycles. The van der Waals surface area contributed by atoms with Gasteiger partial charge in [0.15, 0.2) is 5.96 Å². The first-order chi connectivity index (χ1) is 12.1. The fraction of sp³-hybridized carbons (Fsp3) is 0.824. The Morgan fingerprint density at radius 3 is 2.42 bits per heavy atom. The quantitative estimate of drug-likeness (QED) is 0.255. The van der Waals surface area contributed by atoms with E-state index in [-0.39, 0.29) is 18.3 Å². The van der Waals surface area contributed by atoms with Crippen molar-refractivity contribution >= 4 is 17.8 Å². The molecule has 6 N–H and O–H groups in total. The third-order valence-corrected chi connectivity index (χ3v) is 5.18. The van der Waals surface area contributed by atoms with E-state index in [0.717, 1.165) is 6.42 Å². The van der Waals surface area contributed by atoms with Gasteiger partial charge in [0.05, 0.1) is 36.8 Å². The molecule has 0 spiro atoms. The summed E-state index contributed by atoms with van der Waals surface area (Å²) in [5.41, 5.74) is 10.3. The number of rotatable bonds is 8. The highest BCUT2D eigenvalue weighted by molar-refractivity contribution is 5.77. The molecule has 1 amide bonds. The minimum absolute atomic E-state index is 0.145. The zero-order valence-corrected chi connectivity index (χ0v) is 16.2. The molecule has 26 heavy (non-hydrogen) atoms. The number of aliphatic hydroxyl groups is 1. The fourth-order valence-corrected chi connectivity index (χ4v) is 3.95. The van der Waals surface area contributed by atoms with Gasteiger partial charge in [-0.05, 0) is 19.8 Å². The Labute approximate surface area is 154 Å². The molecule has 9 heteroatoms. The number of nitrogens with one attached hydrogen (secondary N) is 1. The molecule has 1 saturated carbocycles. The predicted octanol–water partition coefficient (Wildman–Crippen LogP) is -0.492. The Balaban J connectivity index is 3.38. The molecule has 1 aliphatic carbocycles. The maximum atomic E-state index is 12.1. The Morgan fingerprint density at radius 1 is 1.38 bits per heavy atom. The van der Waals surface area contributed by atoms with Crippen LogP contribution in [0.5, 0.6) is 0 Å². The van der Waals surface area contributed by atoms with E-state index in [1.54, 1.807) is 7.11 Å². The normalized spacial score (nSPS) is 28.7. The van der Waals surface area contributed by atoms with Crippen molar-refractivity contribution in [3.05, 3.63) is 0 Å². The molecule has 150 valence electrons. The second kappa shape index (κ2) is 9.18. The first-order valence-electron chi connectivity index (χ1n) is 8.78. The number of methoxy groups -OCH3 is 2. The summed E-state index contributed by atoms with van der Waals surface area (Å²) in [6.45, 7) is 5.25. The van der Waals surface area contributed by atoms with Crippen molar-refractivity contribution in [3.8, 4) is 0 Å². The minimum atomic E-state index is -1.08. The molecule has 6 atom stereocenters. The number of carbonyl (C=O) groups is 2. The van der Waals surface area contributed by atoms with E-state index in [4.69, 9.17) is 20.9 Å². The Morgan fingerprint density at radius 2 is 2.00 bits per heavy atom. The van der Waals surface area contributed by atoms with Gasteiger partial charge in [-0.15, -0.1) is 0 Å². The number of aliphatic imine (C=N–C) groups is 1. The van der Waals surface area contributed by atoms with Crippen LogP contribution in [0.25, 0.3) is 0 Å². The number of ether oxygens (including phenoxy) is 2. The number of nitrogens with two attached hydrogens (primary N) is 2. The van der Waals surface area contributed by atoms with Crippen molar-refractivity contribution in [2.45, 2.75) is 63.8 Å². The average molecular weight is 372 g/mol. The molecule has 0 unspecified atom stereocenters. The third kappa shape index (κ3) is 4.85. The summed E-state index contributed by atoms with van der Waals surface area (Å²) in [7, 11) is 2.82. The summed E-state index contributed by atoms with van der Waals surface area (Å²) in [5, 5.41) is 13.8. The van der Waals surface area contributed by atoms with Gasteiger partial charge in [-0.25, -0.2) is 4.99 Å². The lowest BCUT2D eigenvalue weighted by atomic mass is 9.78. The van der Waals surface area contributed by atoms with Gasteiger partial charge < -0.3 is 31.4 Å². The second-order valence-electron chi connectivity index (χ2n) is 7.00. The van der Waals surface area contributed by atoms with Crippen LogP contribution in [-0.2, 0) is 19.1 Å². The highest BCUT2D eigenvalue weighted by atomic mass is 16.5. The van der Waals surface area contributed by atoms with Gasteiger partial charge in [-0.3, -0.25) is 9.59 Å². The van der Waals surface area contributed by atoms with Gasteiger partial charge in [-0.2, -0.15) is 0 Å². The number of nitrogens with zero attached hydrogens (tertiary/aromatic N) is 1. The van der Waals surface area contributed by atoms with Crippen molar-refractivity contribution in [2.75, 3.05) is 14.2 Å². The molecule has 0 bridgehead atoms. The molecular formula is C17H32N4O5. The molecule has 1 fully saturated rings. The molecule has 0 aromatic carbocycles. The monoisotopic (exact) mass is 372 g/mol. The van der Waals surface area contributed by atoms with Gasteiger partial charge in [0.25, 0.3) is 0 Å². The molecule has 0 heterocycles. The molecule has 0 radical (unpaired) electrons. The summed E-state index contributed by atoms with van der Waals surface area (Å²) in [6, 6.07) is -1.15. The standard InChI is InChI=1S/C17H32N4O5/c1-6-7-17(3,26-5)14(20-9(2)22)12-11(21-16(18)19)8-10(13(12)23)15(24)25-4/h10-14,23H,6-8H2,1-5H3,(H,20,22)(H4,18,19,21)/t10-,11+,12-,13+,14+,17-/m0/s1. The van der Waals surface area contributed by atoms with E-state index < -0.39 is 41.6 Å². The maximum absolute atomic E-state index is 12.1. The van der Waals surface area contributed by atoms with E-state index in [1.165, 1.54) is 14.0 Å². The van der Waals surface area contributed by atoms with Crippen LogP contribution in [0.3, 0.4) is 0 Å². The van der Waals surface area contributed by atoms with Crippen molar-refractivity contribution in [3.63, 3.8) is 0 Å². The molecule has 0 aromatic rings. The van der Waals surface area contributed by atoms with Gasteiger partial charge in [-0.1, -0.05) is 13.3 Å². The van der Waals surface area contributed by atoms with E-state index in [2.05, 4.69) is 10.3 Å². The van der Waals surface area contributed by atoms with E-state index >= 15 is 0 Å². The van der Waals surface area contributed by atoms with Gasteiger partial charge >= 0.3 is 5.97 Å². The van der Waals surface area contributed by atoms with Crippen molar-refractivity contribution in [2.24, 2.45) is 28.3 Å². The first-order valence-corrected chi connectivity index (χ1v) is 8.78. The zero-order valence-electron chi connectivity index (χ0n) is 16.2. The number of hydrogen-bond donors (Lipinski definition) is 4. The molecule has 9 nitrogen and oxygen atoms in total. The summed E-state index contributed by atoms with van der Waals surface area (Å²) < 4.78 is 10.5. The van der Waals surface area contributed by atoms with Crippen LogP contribution in [-0.4, -0.2) is 61.0 Å². The number of carbonyl (C=O) groups excluding carboxylic acids is 2. The number of esters is 1. The highest BCUT2D eigenvalue weighted by Gasteiger charge is 2.54. The average Bonchev–Trinajstić information content (AvgIpc) is 2.87.